The largest absolute Gasteiger partial charge is 0.481 e. The van der Waals surface area contributed by atoms with E-state index in [1.807, 2.05) is 7.05 Å². The minimum absolute atomic E-state index is 0.230. The average Bonchev–Trinajstić information content (AvgIpc) is 1.98. The minimum atomic E-state index is -0.702. The number of carboxylic acids is 1. The smallest absolute Gasteiger partial charge is 0.306 e. The standard InChI is InChI=1S/C9H19NO2/c1-7(2)10(4)6-5-8(3)9(11)12/h7-8H,5-6H2,1-4H3,(H,11,12). The van der Waals surface area contributed by atoms with Crippen LogP contribution in [0.15, 0.2) is 0 Å². The van der Waals surface area contributed by atoms with Crippen LogP contribution in [0, 0.1) is 5.92 Å². The number of aliphatic carboxylic acids is 1. The maximum absolute atomic E-state index is 10.5. The summed E-state index contributed by atoms with van der Waals surface area (Å²) in [4.78, 5) is 12.6. The van der Waals surface area contributed by atoms with Gasteiger partial charge in [-0.3, -0.25) is 4.79 Å². The lowest BCUT2D eigenvalue weighted by Crippen LogP contribution is -2.29. The third-order valence-corrected chi connectivity index (χ3v) is 2.22. The van der Waals surface area contributed by atoms with Gasteiger partial charge in [0.2, 0.25) is 0 Å². The molecule has 12 heavy (non-hydrogen) atoms. The SMILES string of the molecule is CC(CCN(C)C(C)C)C(=O)O. The topological polar surface area (TPSA) is 40.5 Å². The molecule has 1 atom stereocenters. The zero-order valence-electron chi connectivity index (χ0n) is 8.37. The van der Waals surface area contributed by atoms with Crippen molar-refractivity contribution in [3.63, 3.8) is 0 Å². The van der Waals surface area contributed by atoms with Crippen molar-refractivity contribution in [2.75, 3.05) is 13.6 Å². The van der Waals surface area contributed by atoms with Crippen molar-refractivity contribution in [1.29, 1.82) is 0 Å². The molecule has 0 fully saturated rings. The molecule has 0 rings (SSSR count). The van der Waals surface area contributed by atoms with E-state index < -0.39 is 5.97 Å². The highest BCUT2D eigenvalue weighted by atomic mass is 16.4. The Kier molecular flexibility index (Phi) is 4.90. The van der Waals surface area contributed by atoms with Crippen molar-refractivity contribution in [2.45, 2.75) is 33.2 Å². The van der Waals surface area contributed by atoms with Crippen LogP contribution in [0.2, 0.25) is 0 Å². The number of carboxylic acid groups (broad SMARTS) is 1. The lowest BCUT2D eigenvalue weighted by Gasteiger charge is -2.21. The number of hydrogen-bond donors (Lipinski definition) is 1. The molecular formula is C9H19NO2. The fourth-order valence-electron chi connectivity index (χ4n) is 0.779. The summed E-state index contributed by atoms with van der Waals surface area (Å²) in [6.45, 7) is 6.80. The first-order valence-corrected chi connectivity index (χ1v) is 4.38. The van der Waals surface area contributed by atoms with Gasteiger partial charge in [0.15, 0.2) is 0 Å². The molecule has 0 aromatic heterocycles. The summed E-state index contributed by atoms with van der Waals surface area (Å²) in [5, 5.41) is 8.61. The van der Waals surface area contributed by atoms with Gasteiger partial charge in [-0.25, -0.2) is 0 Å². The normalized spacial score (nSPS) is 13.8. The molecule has 0 amide bonds. The summed E-state index contributed by atoms with van der Waals surface area (Å²) < 4.78 is 0. The van der Waals surface area contributed by atoms with Gasteiger partial charge >= 0.3 is 5.97 Å². The molecule has 0 aromatic rings. The monoisotopic (exact) mass is 173 g/mol. The summed E-state index contributed by atoms with van der Waals surface area (Å²) in [6.07, 6.45) is 0.726. The molecule has 3 heteroatoms. The summed E-state index contributed by atoms with van der Waals surface area (Å²) in [5.41, 5.74) is 0. The Hall–Kier alpha value is -0.570. The van der Waals surface area contributed by atoms with Gasteiger partial charge in [0, 0.05) is 6.04 Å². The third-order valence-electron chi connectivity index (χ3n) is 2.22. The lowest BCUT2D eigenvalue weighted by atomic mass is 10.1. The molecule has 0 radical (unpaired) electrons. The molecule has 0 saturated carbocycles. The minimum Gasteiger partial charge on any atom is -0.481 e. The Bertz CT molecular complexity index is 145. The second kappa shape index (κ2) is 5.14. The average molecular weight is 173 g/mol. The van der Waals surface area contributed by atoms with Crippen molar-refractivity contribution in [1.82, 2.24) is 4.90 Å². The van der Waals surface area contributed by atoms with Gasteiger partial charge in [-0.15, -0.1) is 0 Å². The van der Waals surface area contributed by atoms with E-state index in [0.29, 0.717) is 6.04 Å². The van der Waals surface area contributed by atoms with Crippen molar-refractivity contribution in [3.05, 3.63) is 0 Å². The highest BCUT2D eigenvalue weighted by Gasteiger charge is 2.12. The molecule has 0 aliphatic heterocycles. The van der Waals surface area contributed by atoms with Crippen LogP contribution in [0.3, 0.4) is 0 Å². The Morgan fingerprint density at radius 2 is 1.92 bits per heavy atom. The Morgan fingerprint density at radius 1 is 1.42 bits per heavy atom. The first kappa shape index (κ1) is 11.4. The van der Waals surface area contributed by atoms with E-state index in [2.05, 4.69) is 18.7 Å². The number of nitrogens with zero attached hydrogens (tertiary/aromatic N) is 1. The second-order valence-electron chi connectivity index (χ2n) is 3.60. The molecular weight excluding hydrogens is 154 g/mol. The van der Waals surface area contributed by atoms with Crippen LogP contribution >= 0.6 is 0 Å². The van der Waals surface area contributed by atoms with E-state index in [1.165, 1.54) is 0 Å². The van der Waals surface area contributed by atoms with Gasteiger partial charge in [0.1, 0.15) is 0 Å². The summed E-state index contributed by atoms with van der Waals surface area (Å²) in [5.74, 6) is -0.932. The molecule has 0 aromatic carbocycles. The quantitative estimate of drug-likeness (QED) is 0.684. The number of hydrogen-bond acceptors (Lipinski definition) is 2. The first-order valence-electron chi connectivity index (χ1n) is 4.38. The zero-order chi connectivity index (χ0) is 9.72. The van der Waals surface area contributed by atoms with Crippen molar-refractivity contribution < 1.29 is 9.90 Å². The van der Waals surface area contributed by atoms with Gasteiger partial charge in [0.05, 0.1) is 5.92 Å². The van der Waals surface area contributed by atoms with Crippen LogP contribution in [0.5, 0.6) is 0 Å². The van der Waals surface area contributed by atoms with Crippen molar-refractivity contribution in [3.8, 4) is 0 Å². The van der Waals surface area contributed by atoms with Gasteiger partial charge < -0.3 is 10.0 Å². The van der Waals surface area contributed by atoms with E-state index >= 15 is 0 Å². The van der Waals surface area contributed by atoms with Crippen LogP contribution in [0.4, 0.5) is 0 Å². The highest BCUT2D eigenvalue weighted by molar-refractivity contribution is 5.69. The predicted octanol–water partition coefficient (Wildman–Crippen LogP) is 1.44. The van der Waals surface area contributed by atoms with E-state index in [4.69, 9.17) is 5.11 Å². The van der Waals surface area contributed by atoms with Gasteiger partial charge in [-0.1, -0.05) is 6.92 Å². The molecule has 1 unspecified atom stereocenters. The fourth-order valence-corrected chi connectivity index (χ4v) is 0.779. The van der Waals surface area contributed by atoms with Gasteiger partial charge in [-0.05, 0) is 33.9 Å². The lowest BCUT2D eigenvalue weighted by molar-refractivity contribution is -0.141. The summed E-state index contributed by atoms with van der Waals surface area (Å²) in [7, 11) is 2.01. The van der Waals surface area contributed by atoms with Crippen LogP contribution in [0.1, 0.15) is 27.2 Å². The molecule has 0 bridgehead atoms. The number of carbonyl (C=O) groups is 1. The van der Waals surface area contributed by atoms with Crippen molar-refractivity contribution in [2.24, 2.45) is 5.92 Å². The third kappa shape index (κ3) is 4.34. The maximum atomic E-state index is 10.5. The Labute approximate surface area is 74.4 Å². The molecule has 0 spiro atoms. The van der Waals surface area contributed by atoms with E-state index in [-0.39, 0.29) is 5.92 Å². The van der Waals surface area contributed by atoms with Crippen molar-refractivity contribution >= 4 is 5.97 Å². The molecule has 0 heterocycles. The van der Waals surface area contributed by atoms with Crippen LogP contribution in [0.25, 0.3) is 0 Å². The predicted molar refractivity (Wildman–Crippen MR) is 49.2 cm³/mol. The van der Waals surface area contributed by atoms with E-state index in [9.17, 15) is 4.79 Å². The van der Waals surface area contributed by atoms with Gasteiger partial charge in [0.25, 0.3) is 0 Å². The van der Waals surface area contributed by atoms with E-state index in [0.717, 1.165) is 13.0 Å². The van der Waals surface area contributed by atoms with Crippen LogP contribution in [-0.2, 0) is 4.79 Å². The Morgan fingerprint density at radius 3 is 2.25 bits per heavy atom. The second-order valence-corrected chi connectivity index (χ2v) is 3.60. The molecule has 3 nitrogen and oxygen atoms in total. The fraction of sp³-hybridized carbons (Fsp3) is 0.889. The number of rotatable bonds is 5. The summed E-state index contributed by atoms with van der Waals surface area (Å²) >= 11 is 0. The van der Waals surface area contributed by atoms with E-state index in [1.54, 1.807) is 6.92 Å². The molecule has 1 N–H and O–H groups in total. The first-order chi connectivity index (χ1) is 5.45. The highest BCUT2D eigenvalue weighted by Crippen LogP contribution is 2.04. The molecule has 0 saturated heterocycles. The zero-order valence-corrected chi connectivity index (χ0v) is 8.37. The van der Waals surface area contributed by atoms with Crippen LogP contribution in [-0.4, -0.2) is 35.6 Å². The molecule has 0 aliphatic carbocycles. The Balaban J connectivity index is 3.61. The molecule has 0 aliphatic rings. The van der Waals surface area contributed by atoms with Crippen LogP contribution < -0.4 is 0 Å². The summed E-state index contributed by atoms with van der Waals surface area (Å²) in [6, 6.07) is 0.492. The maximum Gasteiger partial charge on any atom is 0.306 e. The van der Waals surface area contributed by atoms with Gasteiger partial charge in [-0.2, -0.15) is 0 Å². The molecule has 72 valence electrons.